The molecule has 1 heterocycles. The molecular formula is C13H13BrF2N2S. The Kier molecular flexibility index (Phi) is 4.67. The summed E-state index contributed by atoms with van der Waals surface area (Å²) in [6, 6.07) is 3.98. The number of aryl methyl sites for hydroxylation is 1. The fourth-order valence-electron chi connectivity index (χ4n) is 1.90. The van der Waals surface area contributed by atoms with E-state index in [1.807, 2.05) is 11.4 Å². The number of nitrogens with one attached hydrogen (secondary N) is 1. The zero-order chi connectivity index (χ0) is 14.0. The van der Waals surface area contributed by atoms with Gasteiger partial charge in [-0.15, -0.1) is 11.3 Å². The van der Waals surface area contributed by atoms with Crippen LogP contribution in [0.25, 0.3) is 0 Å². The number of hydrazine groups is 1. The third kappa shape index (κ3) is 3.02. The quantitative estimate of drug-likeness (QED) is 0.651. The number of benzene rings is 1. The third-order valence-corrected chi connectivity index (χ3v) is 4.90. The van der Waals surface area contributed by atoms with Crippen molar-refractivity contribution in [2.24, 2.45) is 5.84 Å². The molecule has 0 spiro atoms. The number of rotatable bonds is 4. The normalized spacial score (nSPS) is 12.7. The van der Waals surface area contributed by atoms with Gasteiger partial charge >= 0.3 is 0 Å². The second kappa shape index (κ2) is 6.09. The highest BCUT2D eigenvalue weighted by atomic mass is 79.9. The number of nitrogens with two attached hydrogens (primary N) is 1. The molecule has 0 amide bonds. The van der Waals surface area contributed by atoms with Gasteiger partial charge in [0, 0.05) is 21.3 Å². The number of hydrogen-bond donors (Lipinski definition) is 2. The van der Waals surface area contributed by atoms with Crippen molar-refractivity contribution in [3.8, 4) is 0 Å². The van der Waals surface area contributed by atoms with Gasteiger partial charge in [-0.1, -0.05) is 6.07 Å². The first-order chi connectivity index (χ1) is 9.04. The smallest absolute Gasteiger partial charge is 0.133 e. The van der Waals surface area contributed by atoms with Crippen LogP contribution in [0.2, 0.25) is 0 Å². The molecule has 19 heavy (non-hydrogen) atoms. The first-order valence-electron chi connectivity index (χ1n) is 5.67. The predicted molar refractivity (Wildman–Crippen MR) is 76.9 cm³/mol. The number of hydrogen-bond acceptors (Lipinski definition) is 3. The zero-order valence-electron chi connectivity index (χ0n) is 10.2. The maximum absolute atomic E-state index is 14.1. The minimum absolute atomic E-state index is 0.0113. The summed E-state index contributed by atoms with van der Waals surface area (Å²) in [5.74, 6) is 4.34. The topological polar surface area (TPSA) is 38.0 Å². The second-order valence-corrected chi connectivity index (χ2v) is 6.06. The van der Waals surface area contributed by atoms with Crippen LogP contribution in [0.5, 0.6) is 0 Å². The average Bonchev–Trinajstić information content (AvgIpc) is 2.78. The maximum atomic E-state index is 14.1. The first-order valence-corrected chi connectivity index (χ1v) is 7.34. The molecular weight excluding hydrogens is 334 g/mol. The van der Waals surface area contributed by atoms with Crippen LogP contribution >= 0.6 is 27.3 Å². The molecule has 3 N–H and O–H groups in total. The van der Waals surface area contributed by atoms with Crippen LogP contribution in [0.4, 0.5) is 8.78 Å². The van der Waals surface area contributed by atoms with Gasteiger partial charge < -0.3 is 0 Å². The Labute approximate surface area is 122 Å². The molecule has 2 rings (SSSR count). The van der Waals surface area contributed by atoms with Crippen molar-refractivity contribution in [1.82, 2.24) is 5.43 Å². The highest BCUT2D eigenvalue weighted by Gasteiger charge is 2.22. The standard InChI is InChI=1S/C13H13BrF2N2S/c1-7-2-3-9(15)12(13(7)16)10(18-17)6-11-8(14)4-5-19-11/h2-5,10,18H,6,17H2,1H3. The Morgan fingerprint density at radius 3 is 2.68 bits per heavy atom. The molecule has 1 aromatic carbocycles. The van der Waals surface area contributed by atoms with Gasteiger partial charge in [0.2, 0.25) is 0 Å². The van der Waals surface area contributed by atoms with E-state index in [0.29, 0.717) is 12.0 Å². The Bertz CT molecular complexity index is 586. The van der Waals surface area contributed by atoms with Crippen LogP contribution in [-0.4, -0.2) is 0 Å². The lowest BCUT2D eigenvalue weighted by Gasteiger charge is -2.18. The van der Waals surface area contributed by atoms with Gasteiger partial charge in [-0.2, -0.15) is 0 Å². The molecule has 0 radical (unpaired) electrons. The lowest BCUT2D eigenvalue weighted by atomic mass is 10.00. The second-order valence-electron chi connectivity index (χ2n) is 4.21. The van der Waals surface area contributed by atoms with Gasteiger partial charge in [0.25, 0.3) is 0 Å². The lowest BCUT2D eigenvalue weighted by molar-refractivity contribution is 0.471. The summed E-state index contributed by atoms with van der Waals surface area (Å²) in [7, 11) is 0. The van der Waals surface area contributed by atoms with Crippen molar-refractivity contribution < 1.29 is 8.78 Å². The van der Waals surface area contributed by atoms with E-state index in [-0.39, 0.29) is 5.56 Å². The molecule has 6 heteroatoms. The fourth-order valence-corrected chi connectivity index (χ4v) is 3.46. The van der Waals surface area contributed by atoms with E-state index >= 15 is 0 Å². The van der Waals surface area contributed by atoms with Crippen LogP contribution in [0.15, 0.2) is 28.1 Å². The lowest BCUT2D eigenvalue weighted by Crippen LogP contribution is -2.31. The molecule has 1 atom stereocenters. The van der Waals surface area contributed by atoms with E-state index in [1.165, 1.54) is 23.5 Å². The molecule has 2 nitrogen and oxygen atoms in total. The molecule has 1 unspecified atom stereocenters. The van der Waals surface area contributed by atoms with Crippen LogP contribution in [0, 0.1) is 18.6 Å². The fraction of sp³-hybridized carbons (Fsp3) is 0.231. The van der Waals surface area contributed by atoms with Gasteiger partial charge in [-0.25, -0.2) is 8.78 Å². The van der Waals surface area contributed by atoms with E-state index in [2.05, 4.69) is 21.4 Å². The summed E-state index contributed by atoms with van der Waals surface area (Å²) in [6.07, 6.45) is 0.423. The Morgan fingerprint density at radius 2 is 2.11 bits per heavy atom. The van der Waals surface area contributed by atoms with E-state index in [1.54, 1.807) is 6.92 Å². The third-order valence-electron chi connectivity index (χ3n) is 2.95. The molecule has 1 aromatic heterocycles. The maximum Gasteiger partial charge on any atom is 0.133 e. The summed E-state index contributed by atoms with van der Waals surface area (Å²) in [5, 5.41) is 1.91. The molecule has 0 saturated carbocycles. The van der Waals surface area contributed by atoms with Crippen molar-refractivity contribution in [1.29, 1.82) is 0 Å². The SMILES string of the molecule is Cc1ccc(F)c(C(Cc2sccc2Br)NN)c1F. The molecule has 0 aliphatic rings. The Hall–Kier alpha value is -0.820. The molecule has 0 fully saturated rings. The van der Waals surface area contributed by atoms with Gasteiger partial charge in [0.1, 0.15) is 11.6 Å². The summed E-state index contributed by atoms with van der Waals surface area (Å²) in [4.78, 5) is 0.989. The highest BCUT2D eigenvalue weighted by Crippen LogP contribution is 2.30. The zero-order valence-corrected chi connectivity index (χ0v) is 12.6. The minimum Gasteiger partial charge on any atom is -0.271 e. The van der Waals surface area contributed by atoms with Crippen molar-refractivity contribution >= 4 is 27.3 Å². The van der Waals surface area contributed by atoms with Gasteiger partial charge in [0.15, 0.2) is 0 Å². The van der Waals surface area contributed by atoms with Crippen molar-refractivity contribution in [2.75, 3.05) is 0 Å². The largest absolute Gasteiger partial charge is 0.271 e. The van der Waals surface area contributed by atoms with Gasteiger partial charge in [0.05, 0.1) is 6.04 Å². The Balaban J connectivity index is 2.38. The summed E-state index contributed by atoms with van der Waals surface area (Å²) < 4.78 is 28.9. The summed E-state index contributed by atoms with van der Waals surface area (Å²) >= 11 is 4.92. The minimum atomic E-state index is -0.602. The van der Waals surface area contributed by atoms with Crippen LogP contribution in [-0.2, 0) is 6.42 Å². The average molecular weight is 347 g/mol. The van der Waals surface area contributed by atoms with Gasteiger partial charge in [-0.05, 0) is 45.9 Å². The monoisotopic (exact) mass is 346 g/mol. The summed E-state index contributed by atoms with van der Waals surface area (Å²) in [5.41, 5.74) is 2.89. The van der Waals surface area contributed by atoms with Crippen LogP contribution in [0.1, 0.15) is 22.0 Å². The molecule has 0 aliphatic heterocycles. The van der Waals surface area contributed by atoms with E-state index in [9.17, 15) is 8.78 Å². The molecule has 102 valence electrons. The molecule has 0 bridgehead atoms. The van der Waals surface area contributed by atoms with E-state index in [4.69, 9.17) is 5.84 Å². The number of thiophene rings is 1. The Morgan fingerprint density at radius 1 is 1.37 bits per heavy atom. The number of halogens is 3. The predicted octanol–water partition coefficient (Wildman–Crippen LogP) is 3.84. The molecule has 2 aromatic rings. The first kappa shape index (κ1) is 14.6. The van der Waals surface area contributed by atoms with E-state index < -0.39 is 17.7 Å². The molecule has 0 saturated heterocycles. The summed E-state index contributed by atoms with van der Waals surface area (Å²) in [6.45, 7) is 1.60. The van der Waals surface area contributed by atoms with E-state index in [0.717, 1.165) is 9.35 Å². The van der Waals surface area contributed by atoms with Gasteiger partial charge in [-0.3, -0.25) is 11.3 Å². The van der Waals surface area contributed by atoms with Crippen LogP contribution < -0.4 is 11.3 Å². The highest BCUT2D eigenvalue weighted by molar-refractivity contribution is 9.10. The van der Waals surface area contributed by atoms with Crippen molar-refractivity contribution in [2.45, 2.75) is 19.4 Å². The van der Waals surface area contributed by atoms with Crippen LogP contribution in [0.3, 0.4) is 0 Å². The molecule has 0 aliphatic carbocycles. The van der Waals surface area contributed by atoms with Crippen molar-refractivity contribution in [3.05, 3.63) is 55.7 Å². The van der Waals surface area contributed by atoms with Crippen molar-refractivity contribution in [3.63, 3.8) is 0 Å².